The van der Waals surface area contributed by atoms with E-state index in [0.29, 0.717) is 6.42 Å². The molecule has 0 aliphatic heterocycles. The van der Waals surface area contributed by atoms with Crippen LogP contribution >= 0.6 is 23.1 Å². The van der Waals surface area contributed by atoms with E-state index in [9.17, 15) is 0 Å². The largest absolute Gasteiger partial charge is 0.248 e. The van der Waals surface area contributed by atoms with Crippen LogP contribution < -0.4 is 0 Å². The maximum absolute atomic E-state index is 9.05. The minimum Gasteiger partial charge on any atom is -0.248 e. The Morgan fingerprint density at radius 2 is 1.33 bits per heavy atom. The highest BCUT2D eigenvalue weighted by molar-refractivity contribution is 8.03. The average molecular weight is 425 g/mol. The Morgan fingerprint density at radius 3 is 1.80 bits per heavy atom. The molecule has 2 nitrogen and oxygen atoms in total. The number of hydrogen-bond acceptors (Lipinski definition) is 4. The summed E-state index contributed by atoms with van der Waals surface area (Å²) in [7, 11) is 0. The van der Waals surface area contributed by atoms with Gasteiger partial charge >= 0.3 is 0 Å². The third kappa shape index (κ3) is 4.09. The molecule has 0 fully saturated rings. The van der Waals surface area contributed by atoms with Crippen LogP contribution in [0.5, 0.6) is 0 Å². The van der Waals surface area contributed by atoms with Crippen molar-refractivity contribution in [2.75, 3.05) is 0 Å². The fraction of sp³-hybridized carbons (Fsp3) is 0.0769. The lowest BCUT2D eigenvalue weighted by atomic mass is 9.84. The number of benzene rings is 3. The summed E-state index contributed by atoms with van der Waals surface area (Å²) in [5, 5.41) is 11.2. The van der Waals surface area contributed by atoms with Crippen molar-refractivity contribution in [3.8, 4) is 6.07 Å². The summed E-state index contributed by atoms with van der Waals surface area (Å²) in [5.74, 6) is 0. The van der Waals surface area contributed by atoms with E-state index in [0.717, 1.165) is 10.6 Å². The third-order valence-electron chi connectivity index (χ3n) is 4.92. The molecular weight excluding hydrogens is 404 g/mol. The van der Waals surface area contributed by atoms with Gasteiger partial charge in [-0.05, 0) is 28.2 Å². The predicted octanol–water partition coefficient (Wildman–Crippen LogP) is 6.91. The molecule has 0 bridgehead atoms. The number of nitrogens with zero attached hydrogens (tertiary/aromatic N) is 2. The monoisotopic (exact) mass is 424 g/mol. The van der Waals surface area contributed by atoms with Crippen molar-refractivity contribution in [1.82, 2.24) is 4.98 Å². The number of aromatic nitrogens is 1. The van der Waals surface area contributed by atoms with Crippen molar-refractivity contribution in [2.24, 2.45) is 0 Å². The van der Waals surface area contributed by atoms with Crippen LogP contribution in [-0.2, 0) is 11.2 Å². The SMILES string of the molecule is N#CCc1ncsc1C=CSC(c1ccccc1)(c1ccccc1)c1ccccc1. The summed E-state index contributed by atoms with van der Waals surface area (Å²) >= 11 is 3.33. The fourth-order valence-electron chi connectivity index (χ4n) is 3.54. The molecule has 0 atom stereocenters. The van der Waals surface area contributed by atoms with E-state index in [2.05, 4.69) is 114 Å². The smallest absolute Gasteiger partial charge is 0.0948 e. The molecule has 0 spiro atoms. The van der Waals surface area contributed by atoms with Crippen molar-refractivity contribution >= 4 is 29.2 Å². The Balaban J connectivity index is 1.84. The highest BCUT2D eigenvalue weighted by Crippen LogP contribution is 2.49. The van der Waals surface area contributed by atoms with E-state index in [1.54, 1.807) is 28.6 Å². The molecule has 0 radical (unpaired) electrons. The molecule has 0 aliphatic rings. The van der Waals surface area contributed by atoms with Gasteiger partial charge in [-0.1, -0.05) is 91.0 Å². The number of thiazole rings is 1. The first-order valence-electron chi connectivity index (χ1n) is 9.65. The second kappa shape index (κ2) is 9.58. The minimum absolute atomic E-state index is 0.328. The maximum Gasteiger partial charge on any atom is 0.0948 e. The number of hydrogen-bond donors (Lipinski definition) is 0. The zero-order chi connectivity index (χ0) is 20.7. The Bertz CT molecular complexity index is 1050. The van der Waals surface area contributed by atoms with Crippen LogP contribution in [-0.4, -0.2) is 4.98 Å². The van der Waals surface area contributed by atoms with Crippen LogP contribution in [0.15, 0.2) is 102 Å². The van der Waals surface area contributed by atoms with Gasteiger partial charge in [0, 0.05) is 0 Å². The Morgan fingerprint density at radius 1 is 0.833 bits per heavy atom. The normalized spacial score (nSPS) is 11.4. The van der Waals surface area contributed by atoms with Gasteiger partial charge in [0.2, 0.25) is 0 Å². The Kier molecular flexibility index (Phi) is 6.44. The topological polar surface area (TPSA) is 36.7 Å². The van der Waals surface area contributed by atoms with Gasteiger partial charge in [-0.15, -0.1) is 23.1 Å². The lowest BCUT2D eigenvalue weighted by molar-refractivity contribution is 0.900. The average Bonchev–Trinajstić information content (AvgIpc) is 3.26. The van der Waals surface area contributed by atoms with Gasteiger partial charge in [-0.2, -0.15) is 5.26 Å². The summed E-state index contributed by atoms with van der Waals surface area (Å²) < 4.78 is -0.389. The molecule has 3 aromatic carbocycles. The minimum atomic E-state index is -0.389. The van der Waals surface area contributed by atoms with Gasteiger partial charge in [0.05, 0.1) is 33.3 Å². The molecule has 0 saturated carbocycles. The van der Waals surface area contributed by atoms with Crippen LogP contribution in [0.1, 0.15) is 27.3 Å². The lowest BCUT2D eigenvalue weighted by Crippen LogP contribution is -2.24. The standard InChI is InChI=1S/C26H20N2S2/c27-18-16-24-25(29-20-28-24)17-19-30-26(21-10-4-1-5-11-21,22-12-6-2-7-13-22)23-14-8-3-9-15-23/h1-15,17,19-20H,16H2. The summed E-state index contributed by atoms with van der Waals surface area (Å²) in [6.07, 6.45) is 2.41. The van der Waals surface area contributed by atoms with Crippen molar-refractivity contribution in [3.05, 3.63) is 129 Å². The van der Waals surface area contributed by atoms with Gasteiger partial charge in [0.15, 0.2) is 0 Å². The quantitative estimate of drug-likeness (QED) is 0.303. The number of thioether (sulfide) groups is 1. The zero-order valence-corrected chi connectivity index (χ0v) is 17.9. The summed E-state index contributed by atoms with van der Waals surface area (Å²) in [6.45, 7) is 0. The van der Waals surface area contributed by atoms with Crippen molar-refractivity contribution in [2.45, 2.75) is 11.2 Å². The maximum atomic E-state index is 9.05. The first kappa shape index (κ1) is 20.2. The first-order valence-corrected chi connectivity index (χ1v) is 11.4. The molecule has 0 aliphatic carbocycles. The van der Waals surface area contributed by atoms with Crippen molar-refractivity contribution in [3.63, 3.8) is 0 Å². The molecule has 4 rings (SSSR count). The van der Waals surface area contributed by atoms with E-state index in [1.807, 2.05) is 0 Å². The molecular formula is C26H20N2S2. The van der Waals surface area contributed by atoms with E-state index in [1.165, 1.54) is 16.7 Å². The second-order valence-electron chi connectivity index (χ2n) is 6.70. The van der Waals surface area contributed by atoms with Crippen molar-refractivity contribution in [1.29, 1.82) is 5.26 Å². The third-order valence-corrected chi connectivity index (χ3v) is 7.09. The van der Waals surface area contributed by atoms with E-state index >= 15 is 0 Å². The van der Waals surface area contributed by atoms with E-state index in [4.69, 9.17) is 5.26 Å². The van der Waals surface area contributed by atoms with Crippen LogP contribution in [0, 0.1) is 11.3 Å². The summed E-state index contributed by atoms with van der Waals surface area (Å²) in [5.41, 5.74) is 6.30. The highest BCUT2D eigenvalue weighted by atomic mass is 32.2. The molecule has 1 aromatic heterocycles. The molecule has 0 amide bonds. The molecule has 0 saturated heterocycles. The van der Waals surface area contributed by atoms with Crippen LogP contribution in [0.25, 0.3) is 6.08 Å². The molecule has 4 heteroatoms. The van der Waals surface area contributed by atoms with E-state index < -0.39 is 0 Å². The zero-order valence-electron chi connectivity index (χ0n) is 16.3. The Labute approximate surface area is 185 Å². The molecule has 4 aromatic rings. The highest BCUT2D eigenvalue weighted by Gasteiger charge is 2.36. The van der Waals surface area contributed by atoms with Gasteiger partial charge in [0.25, 0.3) is 0 Å². The van der Waals surface area contributed by atoms with Crippen LogP contribution in [0.2, 0.25) is 0 Å². The molecule has 30 heavy (non-hydrogen) atoms. The van der Waals surface area contributed by atoms with Gasteiger partial charge < -0.3 is 0 Å². The molecule has 0 unspecified atom stereocenters. The molecule has 0 N–H and O–H groups in total. The summed E-state index contributed by atoms with van der Waals surface area (Å²) in [4.78, 5) is 5.37. The van der Waals surface area contributed by atoms with Crippen LogP contribution in [0.3, 0.4) is 0 Å². The number of nitriles is 1. The van der Waals surface area contributed by atoms with E-state index in [-0.39, 0.29) is 4.75 Å². The van der Waals surface area contributed by atoms with Gasteiger partial charge in [-0.25, -0.2) is 4.98 Å². The predicted molar refractivity (Wildman–Crippen MR) is 127 cm³/mol. The van der Waals surface area contributed by atoms with Gasteiger partial charge in [-0.3, -0.25) is 0 Å². The Hall–Kier alpha value is -3.13. The summed E-state index contributed by atoms with van der Waals surface area (Å²) in [6, 6.07) is 34.0. The molecule has 1 heterocycles. The van der Waals surface area contributed by atoms with Gasteiger partial charge in [0.1, 0.15) is 0 Å². The lowest BCUT2D eigenvalue weighted by Gasteiger charge is -2.34. The second-order valence-corrected chi connectivity index (χ2v) is 8.70. The van der Waals surface area contributed by atoms with Crippen LogP contribution in [0.4, 0.5) is 0 Å². The van der Waals surface area contributed by atoms with Crippen molar-refractivity contribution < 1.29 is 0 Å². The number of rotatable bonds is 7. The molecule has 146 valence electrons. The first-order chi connectivity index (χ1) is 14.8. The fourth-order valence-corrected chi connectivity index (χ4v) is 5.55.